The lowest BCUT2D eigenvalue weighted by molar-refractivity contribution is 0.611. The van der Waals surface area contributed by atoms with Crippen LogP contribution < -0.4 is 0 Å². The van der Waals surface area contributed by atoms with Crippen LogP contribution in [0, 0.1) is 6.92 Å². The van der Waals surface area contributed by atoms with Gasteiger partial charge < -0.3 is 0 Å². The third kappa shape index (κ3) is 4.35. The molecule has 0 amide bonds. The van der Waals surface area contributed by atoms with Crippen molar-refractivity contribution in [1.29, 1.82) is 0 Å². The van der Waals surface area contributed by atoms with E-state index >= 15 is 0 Å². The smallest absolute Gasteiger partial charge is 0.140 e. The molecular formula is C15H22NO2S2. The monoisotopic (exact) mass is 312 g/mol. The topological polar surface area (TPSA) is 46.5 Å². The molecule has 1 unspecified atom stereocenters. The van der Waals surface area contributed by atoms with Crippen molar-refractivity contribution in [3.05, 3.63) is 36.8 Å². The molecule has 0 fully saturated rings. The van der Waals surface area contributed by atoms with Crippen LogP contribution in [-0.2, 0) is 17.1 Å². The summed E-state index contributed by atoms with van der Waals surface area (Å²) < 4.78 is 21.1. The van der Waals surface area contributed by atoms with E-state index in [1.165, 1.54) is 15.5 Å². The maximum absolute atomic E-state index is 10.6. The van der Waals surface area contributed by atoms with Crippen LogP contribution in [0.3, 0.4) is 0 Å². The Morgan fingerprint density at radius 1 is 1.30 bits per heavy atom. The van der Waals surface area contributed by atoms with Gasteiger partial charge in [0.1, 0.15) is 10.7 Å². The minimum atomic E-state index is -2.23. The number of rotatable bonds is 7. The highest BCUT2D eigenvalue weighted by Gasteiger charge is 2.18. The number of hydrogen-bond donors (Lipinski definition) is 2. The van der Waals surface area contributed by atoms with Crippen molar-refractivity contribution in [3.63, 3.8) is 0 Å². The van der Waals surface area contributed by atoms with Gasteiger partial charge in [-0.2, -0.15) is 10.9 Å². The molecule has 1 aromatic carbocycles. The standard InChI is InChI=1S/C15H22NO2S2/c1-2-13-6-5-7-14(12-13)19-11-9-16-15(19)8-3-4-10-20(17)18/h5-7,12,19-20H,1-4,8-11H2. The van der Waals surface area contributed by atoms with E-state index in [0.717, 1.165) is 38.0 Å². The van der Waals surface area contributed by atoms with Gasteiger partial charge in [0, 0.05) is 18.1 Å². The Bertz CT molecular complexity index is 545. The summed E-state index contributed by atoms with van der Waals surface area (Å²) in [6.45, 7) is 4.86. The number of unbranched alkanes of at least 4 members (excludes halogenated alkanes) is 1. The van der Waals surface area contributed by atoms with Crippen molar-refractivity contribution in [2.24, 2.45) is 4.99 Å². The van der Waals surface area contributed by atoms with Crippen LogP contribution in [-0.4, -0.2) is 31.5 Å². The maximum atomic E-state index is 10.6. The van der Waals surface area contributed by atoms with Crippen molar-refractivity contribution in [2.75, 3.05) is 18.1 Å². The maximum Gasteiger partial charge on any atom is 0.140 e. The highest BCUT2D eigenvalue weighted by molar-refractivity contribution is 8.30. The first-order chi connectivity index (χ1) is 9.70. The summed E-state index contributed by atoms with van der Waals surface area (Å²) in [5, 5.41) is 1.31. The summed E-state index contributed by atoms with van der Waals surface area (Å²) in [6.07, 6.45) is 3.44. The fourth-order valence-electron chi connectivity index (χ4n) is 2.39. The minimum Gasteiger partial charge on any atom is -0.284 e. The van der Waals surface area contributed by atoms with Crippen molar-refractivity contribution in [2.45, 2.75) is 30.6 Å². The molecule has 1 atom stereocenters. The summed E-state index contributed by atoms with van der Waals surface area (Å²) in [5.74, 6) is 1.44. The molecule has 3 nitrogen and oxygen atoms in total. The predicted molar refractivity (Wildman–Crippen MR) is 89.0 cm³/mol. The van der Waals surface area contributed by atoms with Crippen LogP contribution in [0.2, 0.25) is 0 Å². The van der Waals surface area contributed by atoms with Gasteiger partial charge in [0.15, 0.2) is 0 Å². The first kappa shape index (κ1) is 15.6. The molecule has 2 rings (SSSR count). The zero-order valence-corrected chi connectivity index (χ0v) is 13.4. The van der Waals surface area contributed by atoms with Gasteiger partial charge in [-0.15, -0.1) is 0 Å². The zero-order chi connectivity index (χ0) is 14.4. The second-order valence-corrected chi connectivity index (χ2v) is 8.33. The fraction of sp³-hybridized carbons (Fsp3) is 0.467. The SMILES string of the molecule is [CH2]Cc1cccc([SH]2CCN=C2CCCC[SH](=O)=O)c1. The van der Waals surface area contributed by atoms with E-state index < -0.39 is 10.7 Å². The van der Waals surface area contributed by atoms with Gasteiger partial charge in [0.05, 0.1) is 5.04 Å². The number of benzene rings is 1. The Morgan fingerprint density at radius 2 is 2.15 bits per heavy atom. The molecule has 0 N–H and O–H groups in total. The summed E-state index contributed by atoms with van der Waals surface area (Å²) >= 11 is 0. The van der Waals surface area contributed by atoms with Gasteiger partial charge in [-0.05, 0) is 55.2 Å². The van der Waals surface area contributed by atoms with Crippen LogP contribution in [0.1, 0.15) is 24.8 Å². The Labute approximate surface area is 125 Å². The molecule has 0 spiro atoms. The lowest BCUT2D eigenvalue weighted by Gasteiger charge is -2.18. The third-order valence-corrected chi connectivity index (χ3v) is 6.65. The molecule has 1 aromatic rings. The Balaban J connectivity index is 1.95. The van der Waals surface area contributed by atoms with E-state index in [1.54, 1.807) is 0 Å². The van der Waals surface area contributed by atoms with Crippen molar-refractivity contribution >= 4 is 26.6 Å². The fourth-order valence-corrected chi connectivity index (χ4v) is 5.27. The average molecular weight is 312 g/mol. The Hall–Kier alpha value is -0.810. The molecule has 5 heteroatoms. The molecule has 0 aliphatic carbocycles. The quantitative estimate of drug-likeness (QED) is 0.600. The van der Waals surface area contributed by atoms with Gasteiger partial charge in [0.25, 0.3) is 0 Å². The van der Waals surface area contributed by atoms with E-state index in [9.17, 15) is 8.42 Å². The largest absolute Gasteiger partial charge is 0.284 e. The summed E-state index contributed by atoms with van der Waals surface area (Å²) in [6, 6.07) is 8.67. The molecule has 20 heavy (non-hydrogen) atoms. The molecule has 0 bridgehead atoms. The van der Waals surface area contributed by atoms with Crippen LogP contribution in [0.5, 0.6) is 0 Å². The normalized spacial score (nSPS) is 20.3. The second kappa shape index (κ2) is 7.84. The molecule has 1 aliphatic rings. The Morgan fingerprint density at radius 3 is 2.90 bits per heavy atom. The van der Waals surface area contributed by atoms with Crippen molar-refractivity contribution in [3.8, 4) is 0 Å². The molecule has 0 saturated carbocycles. The Kier molecular flexibility index (Phi) is 6.10. The van der Waals surface area contributed by atoms with Crippen molar-refractivity contribution < 1.29 is 8.42 Å². The van der Waals surface area contributed by atoms with Crippen LogP contribution in [0.25, 0.3) is 0 Å². The lowest BCUT2D eigenvalue weighted by atomic mass is 10.2. The second-order valence-electron chi connectivity index (χ2n) is 4.88. The highest BCUT2D eigenvalue weighted by Crippen LogP contribution is 2.42. The number of hydrogen-bond acceptors (Lipinski definition) is 3. The molecule has 1 aliphatic heterocycles. The van der Waals surface area contributed by atoms with Gasteiger partial charge in [-0.25, -0.2) is 8.42 Å². The number of aliphatic imine (C=N–C) groups is 1. The first-order valence-corrected chi connectivity index (χ1v) is 9.90. The molecular weight excluding hydrogens is 290 g/mol. The van der Waals surface area contributed by atoms with Gasteiger partial charge in [-0.3, -0.25) is 4.99 Å². The van der Waals surface area contributed by atoms with Gasteiger partial charge in [-0.1, -0.05) is 12.1 Å². The van der Waals surface area contributed by atoms with Crippen LogP contribution >= 0.6 is 10.9 Å². The van der Waals surface area contributed by atoms with E-state index in [4.69, 9.17) is 0 Å². The number of thiol groups is 2. The summed E-state index contributed by atoms with van der Waals surface area (Å²) in [4.78, 5) is 6.04. The molecule has 111 valence electrons. The molecule has 1 radical (unpaired) electrons. The van der Waals surface area contributed by atoms with E-state index in [0.29, 0.717) is 5.75 Å². The van der Waals surface area contributed by atoms with Crippen molar-refractivity contribution in [1.82, 2.24) is 0 Å². The highest BCUT2D eigenvalue weighted by atomic mass is 32.2. The molecule has 0 aromatic heterocycles. The predicted octanol–water partition coefficient (Wildman–Crippen LogP) is 2.62. The lowest BCUT2D eigenvalue weighted by Crippen LogP contribution is -2.00. The van der Waals surface area contributed by atoms with E-state index in [-0.39, 0.29) is 10.9 Å². The third-order valence-electron chi connectivity index (χ3n) is 3.43. The van der Waals surface area contributed by atoms with E-state index in [1.807, 2.05) is 0 Å². The average Bonchev–Trinajstić information content (AvgIpc) is 2.92. The minimum absolute atomic E-state index is 0.286. The first-order valence-electron chi connectivity index (χ1n) is 7.01. The van der Waals surface area contributed by atoms with Gasteiger partial charge in [0.2, 0.25) is 0 Å². The number of nitrogens with zero attached hydrogens (tertiary/aromatic N) is 1. The summed E-state index contributed by atoms with van der Waals surface area (Å²) in [7, 11) is -2.51. The van der Waals surface area contributed by atoms with Crippen LogP contribution in [0.15, 0.2) is 34.2 Å². The molecule has 0 saturated heterocycles. The van der Waals surface area contributed by atoms with Crippen LogP contribution in [0.4, 0.5) is 0 Å². The molecule has 1 heterocycles. The van der Waals surface area contributed by atoms with Gasteiger partial charge >= 0.3 is 0 Å². The zero-order valence-electron chi connectivity index (χ0n) is 11.6. The summed E-state index contributed by atoms with van der Waals surface area (Å²) in [5.41, 5.74) is 1.28. The van der Waals surface area contributed by atoms with E-state index in [2.05, 4.69) is 36.2 Å².